The molecule has 0 unspecified atom stereocenters. The average molecular weight is 486 g/mol. The van der Waals surface area contributed by atoms with Gasteiger partial charge in [0.15, 0.2) is 0 Å². The van der Waals surface area contributed by atoms with Crippen LogP contribution in [0.15, 0.2) is 66.7 Å². The number of allylic oxidation sites excluding steroid dienone is 1. The van der Waals surface area contributed by atoms with Crippen LogP contribution in [0.2, 0.25) is 0 Å². The first-order chi connectivity index (χ1) is 16.3. The summed E-state index contributed by atoms with van der Waals surface area (Å²) in [6, 6.07) is 17.8. The van der Waals surface area contributed by atoms with Crippen LogP contribution in [-0.2, 0) is 19.6 Å². The van der Waals surface area contributed by atoms with Crippen LogP contribution in [0, 0.1) is 17.8 Å². The molecule has 0 aromatic heterocycles. The highest BCUT2D eigenvalue weighted by Gasteiger charge is 2.37. The summed E-state index contributed by atoms with van der Waals surface area (Å²) in [4.78, 5) is 26.1. The number of carbonyl (C=O) groups is 2. The monoisotopic (exact) mass is 485 g/mol. The lowest BCUT2D eigenvalue weighted by Crippen LogP contribution is -2.51. The lowest BCUT2D eigenvalue weighted by atomic mass is 9.74. The van der Waals surface area contributed by atoms with E-state index >= 15 is 0 Å². The summed E-state index contributed by atoms with van der Waals surface area (Å²) < 4.78 is 25.7. The fourth-order valence-corrected chi connectivity index (χ4v) is 4.84. The van der Waals surface area contributed by atoms with Crippen LogP contribution in [0.1, 0.15) is 37.7 Å². The van der Waals surface area contributed by atoms with Crippen LogP contribution in [0.5, 0.6) is 0 Å². The fourth-order valence-electron chi connectivity index (χ4n) is 4.08. The first-order valence-corrected chi connectivity index (χ1v) is 13.2. The molecule has 0 heterocycles. The minimum Gasteiger partial charge on any atom is -0.289 e. The second kappa shape index (κ2) is 11.8. The zero-order valence-corrected chi connectivity index (χ0v) is 19.9. The van der Waals surface area contributed by atoms with E-state index in [1.807, 2.05) is 36.4 Å². The zero-order chi connectivity index (χ0) is 24.6. The van der Waals surface area contributed by atoms with Crippen molar-refractivity contribution in [3.8, 4) is 0 Å². The van der Waals surface area contributed by atoms with Gasteiger partial charge in [-0.2, -0.15) is 4.41 Å². The SMILES string of the molecule is CS(=O)(=O)N(NC(=O)[C@H](CC1CCC1)[C@H](CC=Cc1ccccc1)C(=O)NO)c1ccccc1. The molecule has 1 aliphatic rings. The second-order valence-electron chi connectivity index (χ2n) is 8.61. The minimum absolute atomic E-state index is 0.205. The maximum Gasteiger partial charge on any atom is 0.249 e. The molecule has 3 rings (SSSR count). The summed E-state index contributed by atoms with van der Waals surface area (Å²) in [5.74, 6) is -2.69. The van der Waals surface area contributed by atoms with E-state index in [0.29, 0.717) is 6.42 Å². The number of hydrogen-bond acceptors (Lipinski definition) is 5. The van der Waals surface area contributed by atoms with E-state index in [9.17, 15) is 23.2 Å². The molecule has 1 saturated carbocycles. The molecule has 1 fully saturated rings. The van der Waals surface area contributed by atoms with Crippen molar-refractivity contribution in [2.45, 2.75) is 32.1 Å². The van der Waals surface area contributed by atoms with Gasteiger partial charge in [0.05, 0.1) is 23.8 Å². The number of nitrogens with one attached hydrogen (secondary N) is 2. The highest BCUT2D eigenvalue weighted by Crippen LogP contribution is 2.36. The number of hydroxylamine groups is 1. The molecular formula is C25H31N3O5S. The van der Waals surface area contributed by atoms with E-state index in [0.717, 1.165) is 35.5 Å². The van der Waals surface area contributed by atoms with Crippen molar-refractivity contribution in [2.75, 3.05) is 10.7 Å². The van der Waals surface area contributed by atoms with Crippen molar-refractivity contribution >= 4 is 33.6 Å². The Hall–Kier alpha value is -3.17. The third-order valence-corrected chi connectivity index (χ3v) is 7.08. The van der Waals surface area contributed by atoms with Crippen LogP contribution >= 0.6 is 0 Å². The first-order valence-electron chi connectivity index (χ1n) is 11.3. The normalized spacial score (nSPS) is 15.8. The number of rotatable bonds is 11. The van der Waals surface area contributed by atoms with Crippen LogP contribution < -0.4 is 15.3 Å². The number of carbonyl (C=O) groups excluding carboxylic acids is 2. The van der Waals surface area contributed by atoms with E-state index in [1.165, 1.54) is 0 Å². The van der Waals surface area contributed by atoms with Crippen molar-refractivity contribution in [1.29, 1.82) is 0 Å². The van der Waals surface area contributed by atoms with Gasteiger partial charge in [-0.3, -0.25) is 20.2 Å². The minimum atomic E-state index is -3.83. The Morgan fingerprint density at radius 1 is 1.03 bits per heavy atom. The fraction of sp³-hybridized carbons (Fsp3) is 0.360. The Labute approximate surface area is 200 Å². The molecule has 0 bridgehead atoms. The molecule has 2 amide bonds. The van der Waals surface area contributed by atoms with Gasteiger partial charge in [-0.25, -0.2) is 13.9 Å². The molecule has 2 aromatic carbocycles. The Morgan fingerprint density at radius 3 is 2.18 bits per heavy atom. The Kier molecular flexibility index (Phi) is 8.84. The maximum atomic E-state index is 13.4. The van der Waals surface area contributed by atoms with Crippen molar-refractivity contribution in [3.63, 3.8) is 0 Å². The standard InChI is InChI=1S/C25H31N3O5S/c1-34(32,33)28(21-15-6-3-7-16-21)26-24(29)23(18-20-13-8-14-20)22(25(30)27-31)17-9-12-19-10-4-2-5-11-19/h2-7,9-12,15-16,20,22-23,31H,8,13-14,17-18H2,1H3,(H,26,29)(H,27,30)/t22-,23+/m0/s1. The number of para-hydroxylation sites is 1. The molecule has 0 saturated heterocycles. The summed E-state index contributed by atoms with van der Waals surface area (Å²) in [6.07, 6.45) is 8.23. The predicted octanol–water partition coefficient (Wildman–Crippen LogP) is 3.52. The lowest BCUT2D eigenvalue weighted by molar-refractivity contribution is -0.141. The third-order valence-electron chi connectivity index (χ3n) is 6.12. The van der Waals surface area contributed by atoms with Crippen molar-refractivity contribution in [3.05, 3.63) is 72.3 Å². The molecule has 0 aliphatic heterocycles. The van der Waals surface area contributed by atoms with Gasteiger partial charge < -0.3 is 0 Å². The number of sulfonamides is 1. The number of nitrogens with zero attached hydrogens (tertiary/aromatic N) is 1. The van der Waals surface area contributed by atoms with Gasteiger partial charge in [0.1, 0.15) is 0 Å². The Balaban J connectivity index is 1.86. The molecule has 3 N–H and O–H groups in total. The zero-order valence-electron chi connectivity index (χ0n) is 19.1. The average Bonchev–Trinajstić information content (AvgIpc) is 2.80. The van der Waals surface area contributed by atoms with Gasteiger partial charge in [0, 0.05) is 0 Å². The predicted molar refractivity (Wildman–Crippen MR) is 131 cm³/mol. The number of amides is 2. The van der Waals surface area contributed by atoms with Crippen molar-refractivity contribution < 1.29 is 23.2 Å². The van der Waals surface area contributed by atoms with E-state index in [4.69, 9.17) is 0 Å². The van der Waals surface area contributed by atoms with Gasteiger partial charge in [0.25, 0.3) is 0 Å². The van der Waals surface area contributed by atoms with E-state index in [2.05, 4.69) is 5.43 Å². The molecular weight excluding hydrogens is 454 g/mol. The number of anilines is 1. The van der Waals surface area contributed by atoms with Crippen LogP contribution in [0.3, 0.4) is 0 Å². The summed E-state index contributed by atoms with van der Waals surface area (Å²) in [7, 11) is -3.83. The highest BCUT2D eigenvalue weighted by molar-refractivity contribution is 7.92. The van der Waals surface area contributed by atoms with Gasteiger partial charge in [-0.15, -0.1) is 0 Å². The van der Waals surface area contributed by atoms with Crippen LogP contribution in [0.25, 0.3) is 6.08 Å². The summed E-state index contributed by atoms with van der Waals surface area (Å²) >= 11 is 0. The summed E-state index contributed by atoms with van der Waals surface area (Å²) in [5, 5.41) is 9.39. The molecule has 182 valence electrons. The molecule has 0 radical (unpaired) electrons. The third kappa shape index (κ3) is 6.91. The lowest BCUT2D eigenvalue weighted by Gasteiger charge is -2.33. The summed E-state index contributed by atoms with van der Waals surface area (Å²) in [5.41, 5.74) is 5.43. The van der Waals surface area contributed by atoms with Gasteiger partial charge >= 0.3 is 0 Å². The first kappa shape index (κ1) is 25.5. The highest BCUT2D eigenvalue weighted by atomic mass is 32.2. The number of benzene rings is 2. The van der Waals surface area contributed by atoms with Crippen molar-refractivity contribution in [1.82, 2.24) is 10.9 Å². The number of hydrogen-bond donors (Lipinski definition) is 3. The topological polar surface area (TPSA) is 116 Å². The van der Waals surface area contributed by atoms with Gasteiger partial charge in [0.2, 0.25) is 21.8 Å². The van der Waals surface area contributed by atoms with E-state index in [-0.39, 0.29) is 18.0 Å². The molecule has 1 aliphatic carbocycles. The smallest absolute Gasteiger partial charge is 0.249 e. The van der Waals surface area contributed by atoms with E-state index in [1.54, 1.807) is 41.9 Å². The van der Waals surface area contributed by atoms with Crippen LogP contribution in [0.4, 0.5) is 5.69 Å². The molecule has 9 heteroatoms. The molecule has 0 spiro atoms. The van der Waals surface area contributed by atoms with E-state index < -0.39 is 33.7 Å². The largest absolute Gasteiger partial charge is 0.289 e. The molecule has 2 aromatic rings. The quantitative estimate of drug-likeness (QED) is 0.333. The van der Waals surface area contributed by atoms with Gasteiger partial charge in [-0.1, -0.05) is 79.9 Å². The molecule has 34 heavy (non-hydrogen) atoms. The van der Waals surface area contributed by atoms with Crippen molar-refractivity contribution in [2.24, 2.45) is 17.8 Å². The van der Waals surface area contributed by atoms with Crippen LogP contribution in [-0.4, -0.2) is 31.7 Å². The second-order valence-corrected chi connectivity index (χ2v) is 10.4. The summed E-state index contributed by atoms with van der Waals surface area (Å²) in [6.45, 7) is 0. The number of hydrazine groups is 1. The Bertz CT molecular complexity index is 1090. The maximum absolute atomic E-state index is 13.4. The Morgan fingerprint density at radius 2 is 1.65 bits per heavy atom. The molecule has 8 nitrogen and oxygen atoms in total. The van der Waals surface area contributed by atoms with Gasteiger partial charge in [-0.05, 0) is 36.5 Å². The molecule has 2 atom stereocenters.